The molecule has 3 rings (SSSR count). The highest BCUT2D eigenvalue weighted by molar-refractivity contribution is 5.58. The van der Waals surface area contributed by atoms with Crippen LogP contribution in [0.1, 0.15) is 6.92 Å². The van der Waals surface area contributed by atoms with Crippen molar-refractivity contribution in [2.45, 2.75) is 19.1 Å². The molecule has 0 N–H and O–H groups in total. The third-order valence-corrected chi connectivity index (χ3v) is 4.75. The van der Waals surface area contributed by atoms with Gasteiger partial charge >= 0.3 is 5.69 Å². The van der Waals surface area contributed by atoms with Crippen molar-refractivity contribution in [3.05, 3.63) is 28.4 Å². The molecule has 2 aliphatic heterocycles. The molecule has 0 amide bonds. The van der Waals surface area contributed by atoms with Gasteiger partial charge in [0.25, 0.3) is 0 Å². The Morgan fingerprint density at radius 2 is 2.21 bits per heavy atom. The minimum atomic E-state index is -0.354. The van der Waals surface area contributed by atoms with Gasteiger partial charge < -0.3 is 14.5 Å². The number of hydrogen-bond acceptors (Lipinski definition) is 7. The molecule has 2 atom stereocenters. The van der Waals surface area contributed by atoms with Gasteiger partial charge in [-0.25, -0.2) is 4.98 Å². The molecule has 0 saturated carbocycles. The second-order valence-corrected chi connectivity index (χ2v) is 6.66. The molecule has 0 spiro atoms. The van der Waals surface area contributed by atoms with Crippen molar-refractivity contribution in [3.8, 4) is 0 Å². The maximum atomic E-state index is 11.2. The zero-order valence-electron chi connectivity index (χ0n) is 14.3. The minimum Gasteiger partial charge on any atom is -0.374 e. The standard InChI is InChI=1S/C16H25N5O3/c1-13-10-19(12-14-11-18(2)8-9-24-14)6-7-20(13)16-15(21(22)23)4-3-5-17-16/h3-5,13-14H,6-12H2,1-2H3. The Morgan fingerprint density at radius 3 is 2.92 bits per heavy atom. The topological polar surface area (TPSA) is 75.0 Å². The number of likely N-dealkylation sites (N-methyl/N-ethyl adjacent to an activating group) is 1. The normalized spacial score (nSPS) is 26.5. The first-order valence-electron chi connectivity index (χ1n) is 8.43. The first-order valence-corrected chi connectivity index (χ1v) is 8.43. The highest BCUT2D eigenvalue weighted by Gasteiger charge is 2.31. The zero-order chi connectivity index (χ0) is 17.1. The highest BCUT2D eigenvalue weighted by Crippen LogP contribution is 2.28. The second kappa shape index (κ2) is 7.42. The van der Waals surface area contributed by atoms with Crippen molar-refractivity contribution < 1.29 is 9.66 Å². The molecule has 2 unspecified atom stereocenters. The Balaban J connectivity index is 1.62. The van der Waals surface area contributed by atoms with Crippen LogP contribution in [-0.4, -0.2) is 84.8 Å². The number of piperazine rings is 1. The molecule has 2 fully saturated rings. The van der Waals surface area contributed by atoms with Crippen LogP contribution in [-0.2, 0) is 4.74 Å². The number of hydrogen-bond donors (Lipinski definition) is 0. The molecule has 8 heteroatoms. The maximum absolute atomic E-state index is 11.2. The van der Waals surface area contributed by atoms with Gasteiger partial charge in [0.2, 0.25) is 5.82 Å². The lowest BCUT2D eigenvalue weighted by atomic mass is 10.1. The van der Waals surface area contributed by atoms with E-state index in [2.05, 4.69) is 28.8 Å². The summed E-state index contributed by atoms with van der Waals surface area (Å²) in [6.07, 6.45) is 1.86. The summed E-state index contributed by atoms with van der Waals surface area (Å²) in [4.78, 5) is 21.9. The van der Waals surface area contributed by atoms with Gasteiger partial charge in [-0.2, -0.15) is 0 Å². The van der Waals surface area contributed by atoms with Gasteiger partial charge in [0, 0.05) is 57.6 Å². The van der Waals surface area contributed by atoms with Crippen LogP contribution in [0, 0.1) is 10.1 Å². The predicted molar refractivity (Wildman–Crippen MR) is 91.4 cm³/mol. The molecule has 1 aromatic rings. The van der Waals surface area contributed by atoms with E-state index in [9.17, 15) is 10.1 Å². The summed E-state index contributed by atoms with van der Waals surface area (Å²) in [5.74, 6) is 0.475. The van der Waals surface area contributed by atoms with E-state index in [0.717, 1.165) is 45.9 Å². The molecule has 3 heterocycles. The first-order chi connectivity index (χ1) is 11.5. The van der Waals surface area contributed by atoms with Crippen LogP contribution in [0.5, 0.6) is 0 Å². The Labute approximate surface area is 142 Å². The van der Waals surface area contributed by atoms with Gasteiger partial charge in [-0.15, -0.1) is 0 Å². The zero-order valence-corrected chi connectivity index (χ0v) is 14.3. The van der Waals surface area contributed by atoms with Gasteiger partial charge in [-0.1, -0.05) is 0 Å². The molecule has 2 saturated heterocycles. The van der Waals surface area contributed by atoms with Crippen molar-refractivity contribution in [1.29, 1.82) is 0 Å². The molecule has 0 bridgehead atoms. The van der Waals surface area contributed by atoms with Crippen LogP contribution in [0.3, 0.4) is 0 Å². The fraction of sp³-hybridized carbons (Fsp3) is 0.688. The number of morpholine rings is 1. The first kappa shape index (κ1) is 17.1. The van der Waals surface area contributed by atoms with E-state index in [1.54, 1.807) is 12.3 Å². The van der Waals surface area contributed by atoms with Gasteiger partial charge in [-0.3, -0.25) is 15.0 Å². The minimum absolute atomic E-state index is 0.0787. The summed E-state index contributed by atoms with van der Waals surface area (Å²) in [5, 5.41) is 11.2. The Hall–Kier alpha value is -1.77. The lowest BCUT2D eigenvalue weighted by Crippen LogP contribution is -2.55. The van der Waals surface area contributed by atoms with E-state index in [1.165, 1.54) is 6.07 Å². The van der Waals surface area contributed by atoms with Crippen LogP contribution < -0.4 is 4.90 Å². The van der Waals surface area contributed by atoms with Crippen molar-refractivity contribution in [3.63, 3.8) is 0 Å². The van der Waals surface area contributed by atoms with E-state index >= 15 is 0 Å². The third-order valence-electron chi connectivity index (χ3n) is 4.75. The quantitative estimate of drug-likeness (QED) is 0.596. The Morgan fingerprint density at radius 1 is 1.38 bits per heavy atom. The number of ether oxygens (including phenoxy) is 1. The molecule has 24 heavy (non-hydrogen) atoms. The van der Waals surface area contributed by atoms with E-state index < -0.39 is 0 Å². The van der Waals surface area contributed by atoms with Gasteiger partial charge in [0.1, 0.15) is 0 Å². The van der Waals surface area contributed by atoms with Gasteiger partial charge in [0.05, 0.1) is 17.6 Å². The number of nitrogens with zero attached hydrogens (tertiary/aromatic N) is 5. The molecule has 0 aliphatic carbocycles. The fourth-order valence-corrected chi connectivity index (χ4v) is 3.53. The lowest BCUT2D eigenvalue weighted by Gasteiger charge is -2.42. The molecule has 0 aromatic carbocycles. The highest BCUT2D eigenvalue weighted by atomic mass is 16.6. The van der Waals surface area contributed by atoms with Gasteiger partial charge in [-0.05, 0) is 20.0 Å². The van der Waals surface area contributed by atoms with E-state index in [1.807, 2.05) is 4.90 Å². The van der Waals surface area contributed by atoms with Crippen molar-refractivity contribution >= 4 is 11.5 Å². The Bertz CT molecular complexity index is 585. The number of rotatable bonds is 4. The fourth-order valence-electron chi connectivity index (χ4n) is 3.53. The van der Waals surface area contributed by atoms with Crippen LogP contribution in [0.15, 0.2) is 18.3 Å². The number of nitro groups is 1. The molecule has 132 valence electrons. The molecule has 2 aliphatic rings. The molecule has 0 radical (unpaired) electrons. The van der Waals surface area contributed by atoms with E-state index in [0.29, 0.717) is 5.82 Å². The van der Waals surface area contributed by atoms with Crippen molar-refractivity contribution in [2.75, 3.05) is 57.8 Å². The number of aromatic nitrogens is 1. The number of pyridine rings is 1. The predicted octanol–water partition coefficient (Wildman–Crippen LogP) is 0.831. The van der Waals surface area contributed by atoms with Crippen LogP contribution in [0.25, 0.3) is 0 Å². The smallest absolute Gasteiger partial charge is 0.311 e. The SMILES string of the molecule is CC1CN(CC2CN(C)CCO2)CCN1c1ncccc1[N+](=O)[O-]. The summed E-state index contributed by atoms with van der Waals surface area (Å²) in [7, 11) is 2.12. The van der Waals surface area contributed by atoms with Crippen molar-refractivity contribution in [2.24, 2.45) is 0 Å². The third kappa shape index (κ3) is 3.82. The molecule has 1 aromatic heterocycles. The summed E-state index contributed by atoms with van der Waals surface area (Å²) >= 11 is 0. The van der Waals surface area contributed by atoms with Crippen LogP contribution >= 0.6 is 0 Å². The number of anilines is 1. The summed E-state index contributed by atoms with van der Waals surface area (Å²) in [6, 6.07) is 3.31. The summed E-state index contributed by atoms with van der Waals surface area (Å²) in [5.41, 5.74) is 0.0787. The monoisotopic (exact) mass is 335 g/mol. The van der Waals surface area contributed by atoms with E-state index in [4.69, 9.17) is 4.74 Å². The molecular weight excluding hydrogens is 310 g/mol. The molecular formula is C16H25N5O3. The van der Waals surface area contributed by atoms with E-state index in [-0.39, 0.29) is 22.8 Å². The van der Waals surface area contributed by atoms with Crippen LogP contribution in [0.4, 0.5) is 11.5 Å². The largest absolute Gasteiger partial charge is 0.374 e. The average Bonchev–Trinajstić information content (AvgIpc) is 2.55. The Kier molecular flexibility index (Phi) is 5.27. The van der Waals surface area contributed by atoms with Crippen LogP contribution in [0.2, 0.25) is 0 Å². The maximum Gasteiger partial charge on any atom is 0.311 e. The summed E-state index contributed by atoms with van der Waals surface area (Å²) < 4.78 is 5.85. The van der Waals surface area contributed by atoms with Gasteiger partial charge in [0.15, 0.2) is 0 Å². The van der Waals surface area contributed by atoms with Crippen molar-refractivity contribution in [1.82, 2.24) is 14.8 Å². The molecule has 8 nitrogen and oxygen atoms in total. The second-order valence-electron chi connectivity index (χ2n) is 6.66. The lowest BCUT2D eigenvalue weighted by molar-refractivity contribution is -0.384. The summed E-state index contributed by atoms with van der Waals surface area (Å²) in [6.45, 7) is 8.20. The average molecular weight is 335 g/mol.